The summed E-state index contributed by atoms with van der Waals surface area (Å²) in [4.78, 5) is 4.10. The fraction of sp³-hybridized carbons (Fsp3) is 0.167. The molecule has 0 aliphatic carbocycles. The summed E-state index contributed by atoms with van der Waals surface area (Å²) in [6, 6.07) is 8.13. The van der Waals surface area contributed by atoms with Gasteiger partial charge in [0, 0.05) is 17.2 Å². The van der Waals surface area contributed by atoms with Crippen LogP contribution >= 0.6 is 11.3 Å². The first-order valence-electron chi connectivity index (χ1n) is 7.28. The van der Waals surface area contributed by atoms with Gasteiger partial charge in [0.15, 0.2) is 9.84 Å². The molecule has 124 valence electrons. The van der Waals surface area contributed by atoms with Gasteiger partial charge in [-0.3, -0.25) is 0 Å². The molecule has 3 rings (SSSR count). The van der Waals surface area contributed by atoms with E-state index in [2.05, 4.69) is 4.98 Å². The first kappa shape index (κ1) is 16.8. The van der Waals surface area contributed by atoms with Crippen molar-refractivity contribution in [3.63, 3.8) is 0 Å². The molecule has 1 aromatic heterocycles. The van der Waals surface area contributed by atoms with Gasteiger partial charge in [0.2, 0.25) is 0 Å². The second kappa shape index (κ2) is 6.11. The van der Waals surface area contributed by atoms with E-state index in [1.165, 1.54) is 23.5 Å². The smallest absolute Gasteiger partial charge is 0.178 e. The maximum atomic E-state index is 14.3. The lowest BCUT2D eigenvalue weighted by atomic mass is 9.91. The molecular formula is C18H16FNO2S2. The number of rotatable bonds is 3. The highest BCUT2D eigenvalue weighted by Gasteiger charge is 2.18. The predicted molar refractivity (Wildman–Crippen MR) is 95.5 cm³/mol. The normalized spacial score (nSPS) is 11.7. The molecule has 1 heterocycles. The van der Waals surface area contributed by atoms with Gasteiger partial charge in [0.05, 0.1) is 11.2 Å². The van der Waals surface area contributed by atoms with E-state index >= 15 is 0 Å². The van der Waals surface area contributed by atoms with Crippen molar-refractivity contribution in [1.29, 1.82) is 0 Å². The van der Waals surface area contributed by atoms with Gasteiger partial charge in [0.25, 0.3) is 0 Å². The van der Waals surface area contributed by atoms with Gasteiger partial charge in [-0.25, -0.2) is 17.8 Å². The molecule has 24 heavy (non-hydrogen) atoms. The van der Waals surface area contributed by atoms with Gasteiger partial charge in [0.1, 0.15) is 10.7 Å². The summed E-state index contributed by atoms with van der Waals surface area (Å²) < 4.78 is 37.5. The first-order chi connectivity index (χ1) is 11.3. The molecule has 0 saturated carbocycles. The quantitative estimate of drug-likeness (QED) is 0.683. The molecule has 0 N–H and O–H groups in total. The Labute approximate surface area is 144 Å². The Morgan fingerprint density at radius 3 is 2.46 bits per heavy atom. The Bertz CT molecular complexity index is 1010. The molecule has 2 aromatic carbocycles. The van der Waals surface area contributed by atoms with E-state index in [4.69, 9.17) is 0 Å². The molecule has 0 radical (unpaired) electrons. The summed E-state index contributed by atoms with van der Waals surface area (Å²) in [6.07, 6.45) is 1.00. The highest BCUT2D eigenvalue weighted by molar-refractivity contribution is 7.90. The number of thiazole rings is 1. The third-order valence-electron chi connectivity index (χ3n) is 4.07. The summed E-state index contributed by atoms with van der Waals surface area (Å²) in [5.41, 5.74) is 7.20. The topological polar surface area (TPSA) is 47.0 Å². The maximum absolute atomic E-state index is 14.3. The third kappa shape index (κ3) is 2.99. The summed E-state index contributed by atoms with van der Waals surface area (Å²) in [7, 11) is -3.59. The average Bonchev–Trinajstić information content (AvgIpc) is 3.02. The van der Waals surface area contributed by atoms with Crippen LogP contribution in [0.4, 0.5) is 4.39 Å². The second-order valence-electron chi connectivity index (χ2n) is 5.72. The molecule has 0 fully saturated rings. The molecule has 3 aromatic rings. The number of hydrogen-bond acceptors (Lipinski definition) is 4. The second-order valence-corrected chi connectivity index (χ2v) is 8.42. The lowest BCUT2D eigenvalue weighted by Gasteiger charge is -2.14. The van der Waals surface area contributed by atoms with E-state index in [0.29, 0.717) is 5.56 Å². The lowest BCUT2D eigenvalue weighted by Crippen LogP contribution is -2.01. The van der Waals surface area contributed by atoms with E-state index in [-0.39, 0.29) is 4.90 Å². The Kier molecular flexibility index (Phi) is 4.27. The lowest BCUT2D eigenvalue weighted by molar-refractivity contribution is 0.571. The van der Waals surface area contributed by atoms with Crippen LogP contribution in [0.3, 0.4) is 0 Å². The monoisotopic (exact) mass is 361 g/mol. The zero-order chi connectivity index (χ0) is 17.5. The molecule has 0 amide bonds. The van der Waals surface area contributed by atoms with Crippen molar-refractivity contribution in [2.24, 2.45) is 0 Å². The number of aryl methyl sites for hydroxylation is 1. The van der Waals surface area contributed by atoms with E-state index < -0.39 is 15.7 Å². The van der Waals surface area contributed by atoms with Crippen LogP contribution in [-0.4, -0.2) is 19.7 Å². The summed E-state index contributed by atoms with van der Waals surface area (Å²) in [5, 5.41) is 1.95. The molecule has 0 spiro atoms. The Hall–Kier alpha value is -2.05. The van der Waals surface area contributed by atoms with Gasteiger partial charge in [-0.2, -0.15) is 0 Å². The molecular weight excluding hydrogens is 345 g/mol. The van der Waals surface area contributed by atoms with Crippen molar-refractivity contribution in [3.8, 4) is 22.4 Å². The molecule has 0 aliphatic rings. The zero-order valence-corrected chi connectivity index (χ0v) is 15.1. The molecule has 0 bridgehead atoms. The van der Waals surface area contributed by atoms with Gasteiger partial charge in [-0.1, -0.05) is 18.2 Å². The fourth-order valence-electron chi connectivity index (χ4n) is 2.69. The van der Waals surface area contributed by atoms with Crippen LogP contribution in [0.2, 0.25) is 0 Å². The van der Waals surface area contributed by atoms with E-state index in [1.807, 2.05) is 31.4 Å². The highest BCUT2D eigenvalue weighted by atomic mass is 32.2. The summed E-state index contributed by atoms with van der Waals surface area (Å²) in [6.45, 7) is 4.02. The highest BCUT2D eigenvalue weighted by Crippen LogP contribution is 2.36. The average molecular weight is 361 g/mol. The predicted octanol–water partition coefficient (Wildman–Crippen LogP) is 4.64. The molecule has 0 unspecified atom stereocenters. The van der Waals surface area contributed by atoms with Gasteiger partial charge in [-0.05, 0) is 48.2 Å². The maximum Gasteiger partial charge on any atom is 0.178 e. The summed E-state index contributed by atoms with van der Waals surface area (Å²) in [5.74, 6) is -0.738. The van der Waals surface area contributed by atoms with Crippen LogP contribution in [0.25, 0.3) is 22.4 Å². The van der Waals surface area contributed by atoms with E-state index in [9.17, 15) is 12.8 Å². The largest absolute Gasteiger partial charge is 0.245 e. The van der Waals surface area contributed by atoms with Crippen molar-refractivity contribution >= 4 is 21.2 Å². The first-order valence-corrected chi connectivity index (χ1v) is 10.1. The minimum absolute atomic E-state index is 0.287. The number of hydrogen-bond donors (Lipinski definition) is 0. The van der Waals surface area contributed by atoms with Gasteiger partial charge < -0.3 is 0 Å². The number of sulfone groups is 1. The van der Waals surface area contributed by atoms with Crippen molar-refractivity contribution in [2.45, 2.75) is 18.7 Å². The van der Waals surface area contributed by atoms with Crippen molar-refractivity contribution in [3.05, 3.63) is 58.2 Å². The van der Waals surface area contributed by atoms with Crippen molar-refractivity contribution in [1.82, 2.24) is 4.98 Å². The van der Waals surface area contributed by atoms with Crippen LogP contribution in [0.1, 0.15) is 11.1 Å². The number of nitrogens with zero attached hydrogens (tertiary/aromatic N) is 1. The van der Waals surface area contributed by atoms with Crippen LogP contribution in [-0.2, 0) is 9.84 Å². The Morgan fingerprint density at radius 1 is 1.12 bits per heavy atom. The third-order valence-corrected chi connectivity index (χ3v) is 5.78. The minimum atomic E-state index is -3.59. The SMILES string of the molecule is Cc1ccc(-c2ccc(S(C)(=O)=O)c(F)c2)c(-c2cscn2)c1C. The Morgan fingerprint density at radius 2 is 1.88 bits per heavy atom. The minimum Gasteiger partial charge on any atom is -0.245 e. The molecule has 0 saturated heterocycles. The van der Waals surface area contributed by atoms with Crippen molar-refractivity contribution in [2.75, 3.05) is 6.26 Å². The van der Waals surface area contributed by atoms with Crippen LogP contribution in [0, 0.1) is 19.7 Å². The number of halogens is 1. The Balaban J connectivity index is 2.25. The fourth-order valence-corrected chi connectivity index (χ4v) is 3.96. The standard InChI is InChI=1S/C18H16FNO2S2/c1-11-4-6-14(18(12(11)2)16-9-23-10-20-16)13-5-7-17(15(19)8-13)24(3,21)22/h4-10H,1-3H3. The molecule has 6 heteroatoms. The van der Waals surface area contributed by atoms with Crippen molar-refractivity contribution < 1.29 is 12.8 Å². The molecule has 0 aliphatic heterocycles. The molecule has 0 atom stereocenters. The number of aromatic nitrogens is 1. The van der Waals surface area contributed by atoms with Gasteiger partial charge >= 0.3 is 0 Å². The van der Waals surface area contributed by atoms with Crippen LogP contribution in [0.15, 0.2) is 46.1 Å². The van der Waals surface area contributed by atoms with E-state index in [0.717, 1.165) is 34.2 Å². The summed E-state index contributed by atoms with van der Waals surface area (Å²) >= 11 is 1.50. The van der Waals surface area contributed by atoms with Gasteiger partial charge in [-0.15, -0.1) is 11.3 Å². The zero-order valence-electron chi connectivity index (χ0n) is 13.5. The van der Waals surface area contributed by atoms with Crippen LogP contribution < -0.4 is 0 Å². The van der Waals surface area contributed by atoms with E-state index in [1.54, 1.807) is 11.6 Å². The number of benzene rings is 2. The van der Waals surface area contributed by atoms with Crippen LogP contribution in [0.5, 0.6) is 0 Å². The molecule has 3 nitrogen and oxygen atoms in total.